The van der Waals surface area contributed by atoms with Crippen molar-refractivity contribution in [1.82, 2.24) is 14.3 Å². The van der Waals surface area contributed by atoms with E-state index in [1.54, 1.807) is 17.1 Å². The third kappa shape index (κ3) is 3.66. The van der Waals surface area contributed by atoms with E-state index >= 15 is 0 Å². The van der Waals surface area contributed by atoms with E-state index in [0.29, 0.717) is 17.8 Å². The van der Waals surface area contributed by atoms with Gasteiger partial charge in [-0.25, -0.2) is 14.3 Å². The second-order valence-corrected chi connectivity index (χ2v) is 8.44. The molecular weight excluding hydrogens is 414 g/mol. The lowest BCUT2D eigenvalue weighted by molar-refractivity contribution is -0.775. The van der Waals surface area contributed by atoms with Crippen LogP contribution < -0.4 is 5.32 Å². The smallest absolute Gasteiger partial charge is 0.322 e. The number of nitrogens with one attached hydrogen (secondary N) is 1. The zero-order chi connectivity index (χ0) is 22.8. The molecule has 0 saturated carbocycles. The lowest BCUT2D eigenvalue weighted by Gasteiger charge is -2.32. The van der Waals surface area contributed by atoms with Gasteiger partial charge in [0.25, 0.3) is 0 Å². The second kappa shape index (κ2) is 8.52. The van der Waals surface area contributed by atoms with Gasteiger partial charge in [-0.15, -0.1) is 0 Å². The van der Waals surface area contributed by atoms with Crippen LogP contribution in [0.25, 0.3) is 11.4 Å². The molecule has 33 heavy (non-hydrogen) atoms. The molecule has 1 unspecified atom stereocenters. The average molecular weight is 441 g/mol. The monoisotopic (exact) mass is 440 g/mol. The topological polar surface area (TPSA) is 68.9 Å². The number of hydrogen-bond acceptors (Lipinski definition) is 3. The molecule has 0 radical (unpaired) electrons. The summed E-state index contributed by atoms with van der Waals surface area (Å²) in [6.07, 6.45) is 8.75. The molecule has 4 aromatic rings. The maximum absolute atomic E-state index is 13.8. The van der Waals surface area contributed by atoms with Crippen LogP contribution in [0.15, 0.2) is 91.5 Å². The highest BCUT2D eigenvalue weighted by Gasteiger charge is 2.53. The molecule has 1 saturated heterocycles. The third-order valence-electron chi connectivity index (χ3n) is 6.49. The number of para-hydroxylation sites is 3. The van der Waals surface area contributed by atoms with Gasteiger partial charge in [-0.3, -0.25) is 5.32 Å². The number of urea groups is 1. The Hall–Kier alpha value is -3.97. The number of imide groups is 1. The van der Waals surface area contributed by atoms with Crippen molar-refractivity contribution in [3.8, 4) is 11.4 Å². The fourth-order valence-electron chi connectivity index (χ4n) is 4.67. The highest BCUT2D eigenvalue weighted by atomic mass is 16.2. The molecule has 2 aromatic carbocycles. The second-order valence-electron chi connectivity index (χ2n) is 8.44. The molecule has 0 bridgehead atoms. The van der Waals surface area contributed by atoms with E-state index in [0.717, 1.165) is 24.2 Å². The van der Waals surface area contributed by atoms with E-state index in [9.17, 15) is 9.59 Å². The Bertz CT molecular complexity index is 1280. The maximum Gasteiger partial charge on any atom is 0.429 e. The molecule has 0 aliphatic carbocycles. The fourth-order valence-corrected chi connectivity index (χ4v) is 4.67. The van der Waals surface area contributed by atoms with Gasteiger partial charge in [-0.2, -0.15) is 9.58 Å². The molecule has 1 aliphatic heterocycles. The van der Waals surface area contributed by atoms with Crippen molar-refractivity contribution in [2.75, 3.05) is 11.9 Å². The normalized spacial score (nSPS) is 20.0. The van der Waals surface area contributed by atoms with Gasteiger partial charge in [0.2, 0.25) is 0 Å². The molecule has 3 amide bonds. The largest absolute Gasteiger partial charge is 0.429 e. The van der Waals surface area contributed by atoms with Crippen LogP contribution in [0.4, 0.5) is 10.5 Å². The molecular formula is C26H26N5O2+. The minimum Gasteiger partial charge on any atom is -0.322 e. The summed E-state index contributed by atoms with van der Waals surface area (Å²) in [5.41, 5.74) is 2.82. The van der Waals surface area contributed by atoms with Gasteiger partial charge in [0.15, 0.2) is 0 Å². The molecule has 7 heteroatoms. The minimum atomic E-state index is -0.308. The Balaban J connectivity index is 1.48. The number of hydrogen-bond donors (Lipinski definition) is 1. The first kappa shape index (κ1) is 20.9. The summed E-state index contributed by atoms with van der Waals surface area (Å²) >= 11 is 0. The molecule has 2 atom stereocenters. The SMILES string of the molecule is C[C@@H]1CCC[N+]1(C(=O)Nc1ccccc1-n1cccc1)C(=O)c1cnn(-c2ccccc2)c1. The van der Waals surface area contributed by atoms with E-state index < -0.39 is 0 Å². The summed E-state index contributed by atoms with van der Waals surface area (Å²) in [7, 11) is 0. The van der Waals surface area contributed by atoms with Crippen molar-refractivity contribution in [2.24, 2.45) is 0 Å². The predicted molar refractivity (Wildman–Crippen MR) is 127 cm³/mol. The first-order chi connectivity index (χ1) is 16.1. The lowest BCUT2D eigenvalue weighted by Crippen LogP contribution is -2.60. The molecule has 1 fully saturated rings. The number of amides is 3. The van der Waals surface area contributed by atoms with Gasteiger partial charge in [-0.1, -0.05) is 30.3 Å². The van der Waals surface area contributed by atoms with Gasteiger partial charge in [-0.05, 0) is 43.3 Å². The number of aromatic nitrogens is 3. The fraction of sp³-hybridized carbons (Fsp3) is 0.192. The third-order valence-corrected chi connectivity index (χ3v) is 6.49. The summed E-state index contributed by atoms with van der Waals surface area (Å²) in [6.45, 7) is 2.44. The molecule has 7 nitrogen and oxygen atoms in total. The highest BCUT2D eigenvalue weighted by molar-refractivity contribution is 6.00. The van der Waals surface area contributed by atoms with Crippen LogP contribution in [0.5, 0.6) is 0 Å². The van der Waals surface area contributed by atoms with Crippen molar-refractivity contribution in [1.29, 1.82) is 0 Å². The Morgan fingerprint density at radius 3 is 2.45 bits per heavy atom. The summed E-state index contributed by atoms with van der Waals surface area (Å²) in [6, 6.07) is 20.7. The Morgan fingerprint density at radius 2 is 1.73 bits per heavy atom. The Morgan fingerprint density at radius 1 is 1.00 bits per heavy atom. The molecule has 1 N–H and O–H groups in total. The van der Waals surface area contributed by atoms with Crippen molar-refractivity contribution in [3.05, 3.63) is 97.1 Å². The van der Waals surface area contributed by atoms with E-state index in [1.165, 1.54) is 0 Å². The van der Waals surface area contributed by atoms with Crippen LogP contribution in [0.1, 0.15) is 30.1 Å². The van der Waals surface area contributed by atoms with Crippen LogP contribution in [-0.2, 0) is 0 Å². The molecule has 3 heterocycles. The van der Waals surface area contributed by atoms with Crippen LogP contribution in [0, 0.1) is 0 Å². The maximum atomic E-state index is 13.8. The predicted octanol–water partition coefficient (Wildman–Crippen LogP) is 5.03. The molecule has 5 rings (SSSR count). The standard InChI is InChI=1S/C26H25N5O2/c1-20-10-9-17-31(20,25(32)21-18-27-30(19-21)22-11-3-2-4-12-22)26(33)28-23-13-5-6-14-24(23)29-15-7-8-16-29/h2-8,11-16,18-20H,9-10,17H2,1H3/p+1/t20-,31?/m1/s1. The van der Waals surface area contributed by atoms with Gasteiger partial charge < -0.3 is 4.57 Å². The quantitative estimate of drug-likeness (QED) is 0.452. The average Bonchev–Trinajstić information content (AvgIpc) is 3.61. The summed E-state index contributed by atoms with van der Waals surface area (Å²) < 4.78 is 3.35. The van der Waals surface area contributed by atoms with Crippen molar-refractivity contribution >= 4 is 17.6 Å². The van der Waals surface area contributed by atoms with Gasteiger partial charge in [0.1, 0.15) is 11.6 Å². The van der Waals surface area contributed by atoms with Crippen LogP contribution in [0.2, 0.25) is 0 Å². The number of nitrogens with zero attached hydrogens (tertiary/aromatic N) is 4. The Labute approximate surface area is 192 Å². The highest BCUT2D eigenvalue weighted by Crippen LogP contribution is 2.32. The van der Waals surface area contributed by atoms with Gasteiger partial charge >= 0.3 is 11.9 Å². The lowest BCUT2D eigenvalue weighted by atomic mass is 10.2. The summed E-state index contributed by atoms with van der Waals surface area (Å²) in [5.74, 6) is -0.224. The summed E-state index contributed by atoms with van der Waals surface area (Å²) in [4.78, 5) is 27.6. The van der Waals surface area contributed by atoms with E-state index in [-0.39, 0.29) is 22.5 Å². The minimum absolute atomic E-state index is 0.128. The number of carbonyl (C=O) groups excluding carboxylic acids is 2. The van der Waals surface area contributed by atoms with E-state index in [2.05, 4.69) is 10.4 Å². The van der Waals surface area contributed by atoms with Crippen molar-refractivity contribution in [3.63, 3.8) is 0 Å². The summed E-state index contributed by atoms with van der Waals surface area (Å²) in [5, 5.41) is 7.44. The molecule has 166 valence electrons. The number of rotatable bonds is 4. The van der Waals surface area contributed by atoms with Crippen LogP contribution >= 0.6 is 0 Å². The number of benzene rings is 2. The van der Waals surface area contributed by atoms with E-state index in [4.69, 9.17) is 0 Å². The van der Waals surface area contributed by atoms with Crippen LogP contribution in [0.3, 0.4) is 0 Å². The first-order valence-corrected chi connectivity index (χ1v) is 11.2. The van der Waals surface area contributed by atoms with Gasteiger partial charge in [0.05, 0.1) is 29.8 Å². The molecule has 2 aromatic heterocycles. The molecule has 1 aliphatic rings. The van der Waals surface area contributed by atoms with Crippen LogP contribution in [-0.4, -0.2) is 43.4 Å². The zero-order valence-electron chi connectivity index (χ0n) is 18.5. The van der Waals surface area contributed by atoms with Crippen molar-refractivity contribution in [2.45, 2.75) is 25.8 Å². The molecule has 0 spiro atoms. The number of likely N-dealkylation sites (tertiary alicyclic amines) is 1. The van der Waals surface area contributed by atoms with Crippen molar-refractivity contribution < 1.29 is 14.1 Å². The van der Waals surface area contributed by atoms with Gasteiger partial charge in [0, 0.05) is 31.4 Å². The van der Waals surface area contributed by atoms with E-state index in [1.807, 2.05) is 90.6 Å². The zero-order valence-corrected chi connectivity index (χ0v) is 18.5. The first-order valence-electron chi connectivity index (χ1n) is 11.2. The number of quaternary nitrogens is 1. The number of carbonyl (C=O) groups is 2. The number of anilines is 1. The Kier molecular flexibility index (Phi) is 5.40.